The third kappa shape index (κ3) is 8.44. The van der Waals surface area contributed by atoms with Gasteiger partial charge in [-0.25, -0.2) is 18.7 Å². The molecule has 14 heteroatoms. The van der Waals surface area contributed by atoms with Gasteiger partial charge in [0.2, 0.25) is 0 Å². The van der Waals surface area contributed by atoms with E-state index >= 15 is 0 Å². The van der Waals surface area contributed by atoms with Gasteiger partial charge in [0.25, 0.3) is 14.6 Å². The van der Waals surface area contributed by atoms with Gasteiger partial charge in [0.05, 0.1) is 12.7 Å². The first kappa shape index (κ1) is 26.1. The Bertz CT molecular complexity index is 780. The Morgan fingerprint density at radius 3 is 2.53 bits per heavy atom. The topological polar surface area (TPSA) is 155 Å². The number of esters is 1. The van der Waals surface area contributed by atoms with Crippen molar-refractivity contribution in [3.8, 4) is 0 Å². The highest BCUT2D eigenvalue weighted by Gasteiger charge is 2.31. The highest BCUT2D eigenvalue weighted by Crippen LogP contribution is 2.23. The molecule has 0 aromatic carbocycles. The number of halogens is 2. The van der Waals surface area contributed by atoms with Crippen molar-refractivity contribution in [1.82, 2.24) is 14.6 Å². The molecule has 11 nitrogen and oxygen atoms in total. The third-order valence-corrected chi connectivity index (χ3v) is 4.77. The van der Waals surface area contributed by atoms with E-state index < -0.39 is 57.3 Å². The Hall–Kier alpha value is -1.92. The zero-order valence-corrected chi connectivity index (χ0v) is 18.0. The number of carbonyl (C=O) groups is 1. The smallest absolute Gasteiger partial charge is 0.351 e. The summed E-state index contributed by atoms with van der Waals surface area (Å²) in [6.07, 6.45) is -7.38. The number of nitrogen functional groups attached to an aromatic ring is 1. The van der Waals surface area contributed by atoms with Gasteiger partial charge >= 0.3 is 11.7 Å². The van der Waals surface area contributed by atoms with Crippen molar-refractivity contribution in [1.29, 1.82) is 0 Å². The molecule has 1 rings (SSSR count). The lowest BCUT2D eigenvalue weighted by Gasteiger charge is -2.27. The van der Waals surface area contributed by atoms with Crippen LogP contribution in [-0.2, 0) is 23.4 Å². The Morgan fingerprint density at radius 1 is 1.37 bits per heavy atom. The number of carbonyl (C=O) groups excluding carboxylic acids is 1. The van der Waals surface area contributed by atoms with Crippen molar-refractivity contribution in [2.75, 3.05) is 12.3 Å². The van der Waals surface area contributed by atoms with Gasteiger partial charge in [-0.3, -0.25) is 13.9 Å². The minimum absolute atomic E-state index is 0.0364. The lowest BCUT2D eigenvalue weighted by atomic mass is 10.2. The van der Waals surface area contributed by atoms with E-state index in [1.54, 1.807) is 13.8 Å². The van der Waals surface area contributed by atoms with Crippen LogP contribution in [0.4, 0.5) is 14.6 Å². The summed E-state index contributed by atoms with van der Waals surface area (Å²) < 4.78 is 54.2. The molecule has 1 aromatic heterocycles. The fraction of sp³-hybridized carbons (Fsp3) is 0.688. The molecule has 0 amide bonds. The maximum atomic E-state index is 13.0. The van der Waals surface area contributed by atoms with Crippen molar-refractivity contribution in [3.63, 3.8) is 0 Å². The molecule has 0 fully saturated rings. The number of aliphatic hydroxyl groups excluding tert-OH is 1. The van der Waals surface area contributed by atoms with Crippen molar-refractivity contribution in [2.24, 2.45) is 0 Å². The minimum atomic E-state index is -3.19. The molecule has 1 heterocycles. The Kier molecular flexibility index (Phi) is 10.5. The van der Waals surface area contributed by atoms with Crippen LogP contribution < -0.4 is 16.5 Å². The Balaban J connectivity index is 2.76. The molecule has 0 aliphatic rings. The summed E-state index contributed by atoms with van der Waals surface area (Å²) in [7, 11) is -3.07. The molecule has 0 aliphatic heterocycles. The first-order chi connectivity index (χ1) is 13.9. The molecule has 1 aromatic rings. The van der Waals surface area contributed by atoms with Gasteiger partial charge in [-0.1, -0.05) is 0 Å². The number of nitrogens with zero attached hydrogens (tertiary/aromatic N) is 2. The van der Waals surface area contributed by atoms with Crippen LogP contribution in [0, 0.1) is 0 Å². The highest BCUT2D eigenvalue weighted by molar-refractivity contribution is 7.36. The first-order valence-corrected chi connectivity index (χ1v) is 10.3. The van der Waals surface area contributed by atoms with Crippen LogP contribution in [0.1, 0.15) is 33.9 Å². The summed E-state index contributed by atoms with van der Waals surface area (Å²) >= 11 is 0. The van der Waals surface area contributed by atoms with E-state index in [0.29, 0.717) is 0 Å². The van der Waals surface area contributed by atoms with Crippen LogP contribution in [0.25, 0.3) is 0 Å². The molecule has 172 valence electrons. The fourth-order valence-electron chi connectivity index (χ4n) is 2.17. The summed E-state index contributed by atoms with van der Waals surface area (Å²) in [6.45, 7) is 5.32. The normalized spacial score (nSPS) is 16.8. The zero-order valence-electron chi connectivity index (χ0n) is 17.0. The van der Waals surface area contributed by atoms with Crippen LogP contribution in [0.2, 0.25) is 0 Å². The number of hydrogen-bond acceptors (Lipinski definition) is 9. The second-order valence-corrected chi connectivity index (χ2v) is 7.74. The molecule has 0 saturated heterocycles. The minimum Gasteiger partial charge on any atom is -0.462 e. The standard InChI is InChI=1S/C16H27F2N4O7P/c1-8(2)28-15(24)9(3)21-30(26)27-7-11(13(23)14(17)18)29-10(4)22-6-5-12(19)20-16(22)25/h5-6,8-11,13-14,23,30H,7H2,1-4H3,(H,21,26)(H2,19,20,25)/t9-,10+,11?,13?/m0/s1. The monoisotopic (exact) mass is 456 g/mol. The quantitative estimate of drug-likeness (QED) is 0.302. The number of nitrogens with two attached hydrogens (primary N) is 1. The van der Waals surface area contributed by atoms with Gasteiger partial charge in [-0.15, -0.1) is 0 Å². The van der Waals surface area contributed by atoms with Gasteiger partial charge in [0, 0.05) is 6.20 Å². The number of anilines is 1. The van der Waals surface area contributed by atoms with Crippen LogP contribution >= 0.6 is 8.18 Å². The summed E-state index contributed by atoms with van der Waals surface area (Å²) in [6, 6.07) is 0.327. The van der Waals surface area contributed by atoms with Crippen LogP contribution in [0.5, 0.6) is 0 Å². The number of rotatable bonds is 12. The van der Waals surface area contributed by atoms with E-state index in [0.717, 1.165) is 4.57 Å². The molecular weight excluding hydrogens is 429 g/mol. The molecule has 3 unspecified atom stereocenters. The van der Waals surface area contributed by atoms with Crippen LogP contribution in [0.3, 0.4) is 0 Å². The average molecular weight is 456 g/mol. The van der Waals surface area contributed by atoms with E-state index in [-0.39, 0.29) is 11.9 Å². The molecule has 0 aliphatic carbocycles. The number of nitrogens with one attached hydrogen (secondary N) is 1. The Morgan fingerprint density at radius 2 is 2.00 bits per heavy atom. The lowest BCUT2D eigenvalue weighted by molar-refractivity contribution is -0.150. The predicted molar refractivity (Wildman–Crippen MR) is 103 cm³/mol. The van der Waals surface area contributed by atoms with Gasteiger partial charge in [0.15, 0.2) is 0 Å². The van der Waals surface area contributed by atoms with Gasteiger partial charge in [-0.05, 0) is 33.8 Å². The van der Waals surface area contributed by atoms with Crippen LogP contribution in [0.15, 0.2) is 17.1 Å². The molecule has 0 saturated carbocycles. The number of alkyl halides is 2. The van der Waals surface area contributed by atoms with Crippen molar-refractivity contribution >= 4 is 20.0 Å². The number of aromatic nitrogens is 2. The third-order valence-electron chi connectivity index (χ3n) is 3.67. The molecule has 0 spiro atoms. The molecular formula is C16H27F2N4O7P. The van der Waals surface area contributed by atoms with Crippen molar-refractivity contribution in [2.45, 2.75) is 64.7 Å². The second-order valence-electron chi connectivity index (χ2n) is 6.59. The highest BCUT2D eigenvalue weighted by atomic mass is 31.1. The number of ether oxygens (including phenoxy) is 2. The van der Waals surface area contributed by atoms with Crippen LogP contribution in [-0.4, -0.2) is 58.0 Å². The Labute approximate surface area is 172 Å². The van der Waals surface area contributed by atoms with Gasteiger partial charge < -0.3 is 24.8 Å². The summed E-state index contributed by atoms with van der Waals surface area (Å²) in [5, 5.41) is 12.1. The molecule has 30 heavy (non-hydrogen) atoms. The van der Waals surface area contributed by atoms with E-state index in [1.165, 1.54) is 26.1 Å². The summed E-state index contributed by atoms with van der Waals surface area (Å²) in [4.78, 5) is 27.0. The van der Waals surface area contributed by atoms with E-state index in [1.807, 2.05) is 0 Å². The first-order valence-electron chi connectivity index (χ1n) is 9.02. The van der Waals surface area contributed by atoms with E-state index in [4.69, 9.17) is 19.7 Å². The van der Waals surface area contributed by atoms with Gasteiger partial charge in [-0.2, -0.15) is 4.98 Å². The zero-order chi connectivity index (χ0) is 23.0. The predicted octanol–water partition coefficient (Wildman–Crippen LogP) is 0.691. The lowest BCUT2D eigenvalue weighted by Crippen LogP contribution is -2.41. The maximum Gasteiger partial charge on any atom is 0.351 e. The molecule has 0 radical (unpaired) electrons. The number of aliphatic hydroxyl groups is 1. The second kappa shape index (κ2) is 12.1. The van der Waals surface area contributed by atoms with Crippen molar-refractivity contribution in [3.05, 3.63) is 22.7 Å². The summed E-state index contributed by atoms with van der Waals surface area (Å²) in [5.41, 5.74) is 4.60. The molecule has 4 N–H and O–H groups in total. The van der Waals surface area contributed by atoms with E-state index in [9.17, 15) is 28.0 Å². The number of hydrogen-bond donors (Lipinski definition) is 3. The maximum absolute atomic E-state index is 13.0. The molecule has 0 bridgehead atoms. The average Bonchev–Trinajstić information content (AvgIpc) is 2.63. The molecule has 5 atom stereocenters. The van der Waals surface area contributed by atoms with E-state index in [2.05, 4.69) is 10.1 Å². The largest absolute Gasteiger partial charge is 0.462 e. The SMILES string of the molecule is CC(C)OC(=O)[C@H](C)N[PH](=O)OCC(O[C@H](C)n1ccc(N)nc1=O)C(O)C(F)F. The van der Waals surface area contributed by atoms with Gasteiger partial charge in [0.1, 0.15) is 30.3 Å². The fourth-order valence-corrected chi connectivity index (χ4v) is 3.04. The van der Waals surface area contributed by atoms with Crippen molar-refractivity contribution < 1.29 is 37.2 Å². The summed E-state index contributed by atoms with van der Waals surface area (Å²) in [5.74, 6) is -0.707.